The van der Waals surface area contributed by atoms with Crippen molar-refractivity contribution in [1.82, 2.24) is 24.5 Å². The number of nitrogens with one attached hydrogen (secondary N) is 1. The second-order valence-corrected chi connectivity index (χ2v) is 10.1. The highest BCUT2D eigenvalue weighted by molar-refractivity contribution is 7.19. The van der Waals surface area contributed by atoms with E-state index in [1.54, 1.807) is 34.6 Å². The van der Waals surface area contributed by atoms with E-state index in [0.29, 0.717) is 37.4 Å². The molecule has 1 saturated heterocycles. The first-order valence-electron chi connectivity index (χ1n) is 11.0. The molecule has 4 aromatic heterocycles. The predicted molar refractivity (Wildman–Crippen MR) is 127 cm³/mol. The van der Waals surface area contributed by atoms with Crippen LogP contribution in [-0.4, -0.2) is 49.3 Å². The van der Waals surface area contributed by atoms with Crippen LogP contribution in [0.2, 0.25) is 5.02 Å². The first kappa shape index (κ1) is 20.6. The number of hydrogen-bond donors (Lipinski definition) is 1. The van der Waals surface area contributed by atoms with Gasteiger partial charge >= 0.3 is 0 Å². The number of anilines is 2. The maximum Gasteiger partial charge on any atom is 0.226 e. The summed E-state index contributed by atoms with van der Waals surface area (Å²) in [7, 11) is 0. The van der Waals surface area contributed by atoms with Crippen molar-refractivity contribution < 1.29 is 9.59 Å². The molecule has 33 heavy (non-hydrogen) atoms. The molecule has 2 aliphatic rings. The van der Waals surface area contributed by atoms with Gasteiger partial charge in [0.2, 0.25) is 5.91 Å². The molecule has 1 amide bonds. The van der Waals surface area contributed by atoms with E-state index in [-0.39, 0.29) is 17.6 Å². The second kappa shape index (κ2) is 8.07. The van der Waals surface area contributed by atoms with E-state index in [1.165, 1.54) is 10.4 Å². The third-order valence-corrected chi connectivity index (χ3v) is 8.03. The van der Waals surface area contributed by atoms with E-state index in [0.717, 1.165) is 40.1 Å². The van der Waals surface area contributed by atoms with Crippen LogP contribution in [0.15, 0.2) is 30.9 Å². The number of fused-ring (bicyclic) bond motifs is 4. The van der Waals surface area contributed by atoms with Crippen LogP contribution in [0.1, 0.15) is 29.7 Å². The zero-order chi connectivity index (χ0) is 22.5. The Hall–Kier alpha value is -3.04. The van der Waals surface area contributed by atoms with Crippen LogP contribution in [0, 0.1) is 5.92 Å². The van der Waals surface area contributed by atoms with Crippen molar-refractivity contribution in [1.29, 1.82) is 0 Å². The monoisotopic (exact) mass is 480 g/mol. The number of amides is 1. The van der Waals surface area contributed by atoms with Crippen LogP contribution in [0.4, 0.5) is 11.5 Å². The molecule has 1 aliphatic heterocycles. The summed E-state index contributed by atoms with van der Waals surface area (Å²) in [5.74, 6) is 1.11. The lowest BCUT2D eigenvalue weighted by molar-refractivity contribution is -0.138. The summed E-state index contributed by atoms with van der Waals surface area (Å²) in [6.07, 6.45) is 8.32. The van der Waals surface area contributed by atoms with Gasteiger partial charge in [0.15, 0.2) is 0 Å². The standard InChI is InChI=1S/C23H21ClN6O2S/c24-17-11-30-14(3-6-27-30)10-18(17)28-21-20-16-2-1-13(9-19(16)33-22(20)26-12-25-21)23(32)29-7-4-15(31)5-8-29/h3,6,10-13H,1-2,4-5,7-9H2,(H,25,26,28)/t13-/m0/s1. The molecule has 0 radical (unpaired) electrons. The Morgan fingerprint density at radius 3 is 2.91 bits per heavy atom. The number of aromatic nitrogens is 4. The first-order chi connectivity index (χ1) is 16.1. The number of aryl methyl sites for hydroxylation is 1. The lowest BCUT2D eigenvalue weighted by atomic mass is 9.86. The summed E-state index contributed by atoms with van der Waals surface area (Å²) in [4.78, 5) is 37.6. The van der Waals surface area contributed by atoms with E-state index in [4.69, 9.17) is 11.6 Å². The van der Waals surface area contributed by atoms with Crippen LogP contribution in [-0.2, 0) is 22.4 Å². The molecule has 4 aromatic rings. The van der Waals surface area contributed by atoms with Gasteiger partial charge in [-0.25, -0.2) is 14.5 Å². The van der Waals surface area contributed by atoms with Crippen LogP contribution < -0.4 is 5.32 Å². The number of pyridine rings is 1. The Kier molecular flexibility index (Phi) is 5.03. The van der Waals surface area contributed by atoms with E-state index >= 15 is 0 Å². The molecule has 5 heterocycles. The maximum absolute atomic E-state index is 13.1. The van der Waals surface area contributed by atoms with Gasteiger partial charge in [0.05, 0.1) is 21.6 Å². The van der Waals surface area contributed by atoms with E-state index in [2.05, 4.69) is 20.4 Å². The van der Waals surface area contributed by atoms with Gasteiger partial charge in [-0.3, -0.25) is 9.59 Å². The minimum atomic E-state index is -0.0400. The number of Topliss-reactive ketones (excluding diaryl/α,β-unsaturated/α-hetero) is 1. The fraction of sp³-hybridized carbons (Fsp3) is 0.348. The Bertz CT molecular complexity index is 1400. The highest BCUT2D eigenvalue weighted by Gasteiger charge is 2.32. The zero-order valence-corrected chi connectivity index (χ0v) is 19.3. The van der Waals surface area contributed by atoms with Gasteiger partial charge in [0.1, 0.15) is 22.8 Å². The number of ketones is 1. The minimum Gasteiger partial charge on any atom is -0.342 e. The van der Waals surface area contributed by atoms with Crippen molar-refractivity contribution in [2.24, 2.45) is 5.92 Å². The third kappa shape index (κ3) is 3.65. The van der Waals surface area contributed by atoms with E-state index in [1.807, 2.05) is 17.0 Å². The quantitative estimate of drug-likeness (QED) is 0.476. The fourth-order valence-electron chi connectivity index (χ4n) is 4.81. The molecule has 1 fully saturated rings. The number of piperidine rings is 1. The van der Waals surface area contributed by atoms with Gasteiger partial charge in [-0.15, -0.1) is 11.3 Å². The Morgan fingerprint density at radius 2 is 2.06 bits per heavy atom. The highest BCUT2D eigenvalue weighted by Crippen LogP contribution is 2.41. The van der Waals surface area contributed by atoms with Gasteiger partial charge in [-0.05, 0) is 37.0 Å². The second-order valence-electron chi connectivity index (χ2n) is 8.57. The van der Waals surface area contributed by atoms with Gasteiger partial charge in [0.25, 0.3) is 0 Å². The molecular weight excluding hydrogens is 460 g/mol. The summed E-state index contributed by atoms with van der Waals surface area (Å²) in [5.41, 5.74) is 2.91. The summed E-state index contributed by atoms with van der Waals surface area (Å²) < 4.78 is 1.73. The smallest absolute Gasteiger partial charge is 0.226 e. The molecular formula is C23H21ClN6O2S. The van der Waals surface area contributed by atoms with Gasteiger partial charge in [0, 0.05) is 49.1 Å². The minimum absolute atomic E-state index is 0.0400. The van der Waals surface area contributed by atoms with Crippen molar-refractivity contribution in [3.05, 3.63) is 46.3 Å². The molecule has 1 aliphatic carbocycles. The molecule has 0 saturated carbocycles. The SMILES string of the molecule is O=C1CCN(C(=O)[C@H]2CCc3c(sc4ncnc(Nc5cc6ccnn6cc5Cl)c34)C2)CC1. The third-order valence-electron chi connectivity index (χ3n) is 6.57. The summed E-state index contributed by atoms with van der Waals surface area (Å²) >= 11 is 8.13. The molecule has 168 valence electrons. The molecule has 6 rings (SSSR count). The lowest BCUT2D eigenvalue weighted by Gasteiger charge is -2.31. The van der Waals surface area contributed by atoms with Crippen molar-refractivity contribution in [3.8, 4) is 0 Å². The number of likely N-dealkylation sites (tertiary alicyclic amines) is 1. The lowest BCUT2D eigenvalue weighted by Crippen LogP contribution is -2.43. The van der Waals surface area contributed by atoms with Crippen molar-refractivity contribution >= 4 is 61.9 Å². The topological polar surface area (TPSA) is 92.5 Å². The van der Waals surface area contributed by atoms with Crippen molar-refractivity contribution in [3.63, 3.8) is 0 Å². The number of rotatable bonds is 3. The van der Waals surface area contributed by atoms with E-state index in [9.17, 15) is 9.59 Å². The zero-order valence-electron chi connectivity index (χ0n) is 17.8. The average Bonchev–Trinajstić information content (AvgIpc) is 3.43. The number of carbonyl (C=O) groups is 2. The van der Waals surface area contributed by atoms with Crippen molar-refractivity contribution in [2.75, 3.05) is 18.4 Å². The number of hydrogen-bond acceptors (Lipinski definition) is 7. The number of halogens is 1. The number of thiophene rings is 1. The van der Waals surface area contributed by atoms with Crippen molar-refractivity contribution in [2.45, 2.75) is 32.1 Å². The summed E-state index contributed by atoms with van der Waals surface area (Å²) in [5, 5.41) is 9.18. The number of carbonyl (C=O) groups excluding carboxylic acids is 2. The van der Waals surface area contributed by atoms with E-state index < -0.39 is 0 Å². The molecule has 8 nitrogen and oxygen atoms in total. The Morgan fingerprint density at radius 1 is 1.21 bits per heavy atom. The number of nitrogens with zero attached hydrogens (tertiary/aromatic N) is 5. The molecule has 0 unspecified atom stereocenters. The summed E-state index contributed by atoms with van der Waals surface area (Å²) in [6, 6.07) is 3.86. The molecule has 1 N–H and O–H groups in total. The maximum atomic E-state index is 13.1. The fourth-order valence-corrected chi connectivity index (χ4v) is 6.28. The van der Waals surface area contributed by atoms with Gasteiger partial charge in [-0.2, -0.15) is 5.10 Å². The molecule has 0 spiro atoms. The largest absolute Gasteiger partial charge is 0.342 e. The average molecular weight is 481 g/mol. The van der Waals surface area contributed by atoms with Crippen LogP contribution >= 0.6 is 22.9 Å². The Balaban J connectivity index is 1.29. The predicted octanol–water partition coefficient (Wildman–Crippen LogP) is 4.03. The van der Waals surface area contributed by atoms with Gasteiger partial charge < -0.3 is 10.2 Å². The summed E-state index contributed by atoms with van der Waals surface area (Å²) in [6.45, 7) is 1.10. The molecule has 0 bridgehead atoms. The first-order valence-corrected chi connectivity index (χ1v) is 12.2. The van der Waals surface area contributed by atoms with Crippen LogP contribution in [0.25, 0.3) is 15.7 Å². The molecule has 10 heteroatoms. The highest BCUT2D eigenvalue weighted by atomic mass is 35.5. The molecule has 0 aromatic carbocycles. The van der Waals surface area contributed by atoms with Crippen LogP contribution in [0.5, 0.6) is 0 Å². The Labute approximate surface area is 198 Å². The van der Waals surface area contributed by atoms with Crippen LogP contribution in [0.3, 0.4) is 0 Å². The molecule has 1 atom stereocenters. The van der Waals surface area contributed by atoms with Gasteiger partial charge in [-0.1, -0.05) is 11.6 Å². The normalized spacial score (nSPS) is 18.6.